The number of aliphatic carboxylic acids is 1. The van der Waals surface area contributed by atoms with Gasteiger partial charge in [0.25, 0.3) is 6.01 Å². The molecule has 2 saturated heterocycles. The highest BCUT2D eigenvalue weighted by Crippen LogP contribution is 2.27. The minimum Gasteiger partial charge on any atom is -0.481 e. The Morgan fingerprint density at radius 2 is 1.96 bits per heavy atom. The van der Waals surface area contributed by atoms with E-state index in [9.17, 15) is 9.59 Å². The van der Waals surface area contributed by atoms with E-state index in [2.05, 4.69) is 9.88 Å². The summed E-state index contributed by atoms with van der Waals surface area (Å²) >= 11 is 0. The molecule has 8 heteroatoms. The largest absolute Gasteiger partial charge is 0.481 e. The van der Waals surface area contributed by atoms with Crippen LogP contribution >= 0.6 is 0 Å². The Labute approximate surface area is 156 Å². The minimum absolute atomic E-state index is 0.0470. The highest BCUT2D eigenvalue weighted by molar-refractivity contribution is 5.79. The van der Waals surface area contributed by atoms with Crippen LogP contribution in [-0.4, -0.2) is 65.8 Å². The number of benzene rings is 1. The zero-order chi connectivity index (χ0) is 18.8. The zero-order valence-electron chi connectivity index (χ0n) is 15.0. The number of ether oxygens (including phenoxy) is 1. The number of morpholine rings is 1. The number of hydrogen-bond acceptors (Lipinski definition) is 6. The number of carbonyl (C=O) groups excluding carboxylic acids is 1. The SMILES string of the molecule is O=C(O)CC1CN(C(=O)C2CCN(c3nc4ccccc4o3)CC2)CCO1. The first-order chi connectivity index (χ1) is 13.1. The molecule has 0 aliphatic carbocycles. The first kappa shape index (κ1) is 17.8. The molecule has 0 spiro atoms. The highest BCUT2D eigenvalue weighted by Gasteiger charge is 2.33. The number of hydrogen-bond donors (Lipinski definition) is 1. The number of carbonyl (C=O) groups is 2. The Morgan fingerprint density at radius 3 is 2.70 bits per heavy atom. The maximum absolute atomic E-state index is 12.8. The zero-order valence-corrected chi connectivity index (χ0v) is 15.0. The van der Waals surface area contributed by atoms with Gasteiger partial charge in [-0.3, -0.25) is 9.59 Å². The fourth-order valence-corrected chi connectivity index (χ4v) is 3.81. The van der Waals surface area contributed by atoms with E-state index < -0.39 is 12.1 Å². The van der Waals surface area contributed by atoms with Crippen LogP contribution in [0.25, 0.3) is 11.1 Å². The lowest BCUT2D eigenvalue weighted by Gasteiger charge is -2.37. The van der Waals surface area contributed by atoms with Crippen molar-refractivity contribution in [1.29, 1.82) is 0 Å². The van der Waals surface area contributed by atoms with Gasteiger partial charge in [0.05, 0.1) is 19.1 Å². The molecule has 144 valence electrons. The van der Waals surface area contributed by atoms with Crippen LogP contribution in [0.2, 0.25) is 0 Å². The van der Waals surface area contributed by atoms with Crippen molar-refractivity contribution in [2.24, 2.45) is 5.92 Å². The van der Waals surface area contributed by atoms with E-state index in [1.54, 1.807) is 4.90 Å². The Balaban J connectivity index is 1.34. The summed E-state index contributed by atoms with van der Waals surface area (Å²) in [5.74, 6) is -0.846. The number of fused-ring (bicyclic) bond motifs is 1. The van der Waals surface area contributed by atoms with Crippen molar-refractivity contribution in [3.63, 3.8) is 0 Å². The predicted octanol–water partition coefficient (Wildman–Crippen LogP) is 1.75. The van der Waals surface area contributed by atoms with E-state index in [-0.39, 0.29) is 18.2 Å². The van der Waals surface area contributed by atoms with Gasteiger partial charge < -0.3 is 24.1 Å². The topological polar surface area (TPSA) is 96.1 Å². The lowest BCUT2D eigenvalue weighted by atomic mass is 9.95. The fourth-order valence-electron chi connectivity index (χ4n) is 3.81. The lowest BCUT2D eigenvalue weighted by molar-refractivity contribution is -0.150. The normalized spacial score (nSPS) is 21.6. The van der Waals surface area contributed by atoms with E-state index in [1.807, 2.05) is 24.3 Å². The van der Waals surface area contributed by atoms with Gasteiger partial charge in [0.2, 0.25) is 5.91 Å². The number of carboxylic acid groups (broad SMARTS) is 1. The van der Waals surface area contributed by atoms with Gasteiger partial charge in [-0.15, -0.1) is 0 Å². The second-order valence-electron chi connectivity index (χ2n) is 7.10. The maximum atomic E-state index is 12.8. The average molecular weight is 373 g/mol. The standard InChI is InChI=1S/C19H23N3O5/c23-17(24)11-14-12-22(9-10-26-14)18(25)13-5-7-21(8-6-13)19-20-15-3-1-2-4-16(15)27-19/h1-4,13-14H,5-12H2,(H,23,24). The summed E-state index contributed by atoms with van der Waals surface area (Å²) in [6.45, 7) is 2.71. The Morgan fingerprint density at radius 1 is 1.19 bits per heavy atom. The molecule has 1 unspecified atom stereocenters. The Bertz CT molecular complexity index is 795. The van der Waals surface area contributed by atoms with Gasteiger partial charge in [-0.2, -0.15) is 4.98 Å². The number of anilines is 1. The van der Waals surface area contributed by atoms with Gasteiger partial charge in [-0.25, -0.2) is 0 Å². The summed E-state index contributed by atoms with van der Waals surface area (Å²) < 4.78 is 11.3. The van der Waals surface area contributed by atoms with Crippen molar-refractivity contribution in [3.05, 3.63) is 24.3 Å². The van der Waals surface area contributed by atoms with Crippen molar-refractivity contribution in [3.8, 4) is 0 Å². The van der Waals surface area contributed by atoms with Crippen molar-refractivity contribution in [1.82, 2.24) is 9.88 Å². The van der Waals surface area contributed by atoms with Gasteiger partial charge in [0.15, 0.2) is 5.58 Å². The molecule has 0 saturated carbocycles. The van der Waals surface area contributed by atoms with E-state index in [1.165, 1.54) is 0 Å². The van der Waals surface area contributed by atoms with E-state index in [0.717, 1.165) is 23.9 Å². The molecular weight excluding hydrogens is 350 g/mol. The molecule has 1 amide bonds. The number of para-hydroxylation sites is 2. The van der Waals surface area contributed by atoms with Gasteiger partial charge >= 0.3 is 5.97 Å². The lowest BCUT2D eigenvalue weighted by Crippen LogP contribution is -2.50. The number of nitrogens with zero attached hydrogens (tertiary/aromatic N) is 3. The monoisotopic (exact) mass is 373 g/mol. The molecule has 2 aliphatic rings. The summed E-state index contributed by atoms with van der Waals surface area (Å²) in [5.41, 5.74) is 1.60. The molecule has 27 heavy (non-hydrogen) atoms. The highest BCUT2D eigenvalue weighted by atomic mass is 16.5. The van der Waals surface area contributed by atoms with Crippen molar-refractivity contribution in [2.75, 3.05) is 37.7 Å². The molecule has 1 aromatic carbocycles. The second kappa shape index (κ2) is 7.56. The molecule has 3 heterocycles. The van der Waals surface area contributed by atoms with E-state index >= 15 is 0 Å². The second-order valence-corrected chi connectivity index (χ2v) is 7.10. The Kier molecular flexibility index (Phi) is 4.98. The summed E-state index contributed by atoms with van der Waals surface area (Å²) in [5, 5.41) is 8.93. The predicted molar refractivity (Wildman–Crippen MR) is 97.5 cm³/mol. The number of carboxylic acids is 1. The third kappa shape index (κ3) is 3.90. The van der Waals surface area contributed by atoms with Crippen molar-refractivity contribution < 1.29 is 23.8 Å². The fraction of sp³-hybridized carbons (Fsp3) is 0.526. The van der Waals surface area contributed by atoms with E-state index in [0.29, 0.717) is 38.8 Å². The third-order valence-corrected chi connectivity index (χ3v) is 5.25. The molecule has 2 aromatic rings. The van der Waals surface area contributed by atoms with Crippen LogP contribution in [-0.2, 0) is 14.3 Å². The molecule has 0 bridgehead atoms. The quantitative estimate of drug-likeness (QED) is 0.872. The van der Waals surface area contributed by atoms with Crippen LogP contribution in [0, 0.1) is 5.92 Å². The van der Waals surface area contributed by atoms with Crippen LogP contribution in [0.15, 0.2) is 28.7 Å². The molecule has 2 aliphatic heterocycles. The van der Waals surface area contributed by atoms with Crippen LogP contribution in [0.4, 0.5) is 6.01 Å². The van der Waals surface area contributed by atoms with Gasteiger partial charge in [-0.05, 0) is 25.0 Å². The molecular formula is C19H23N3O5. The Hall–Kier alpha value is -2.61. The number of oxazole rings is 1. The average Bonchev–Trinajstić information content (AvgIpc) is 3.11. The molecule has 1 N–H and O–H groups in total. The van der Waals surface area contributed by atoms with Crippen molar-refractivity contribution >= 4 is 29.0 Å². The van der Waals surface area contributed by atoms with Crippen LogP contribution < -0.4 is 4.90 Å². The number of piperidine rings is 1. The van der Waals surface area contributed by atoms with E-state index in [4.69, 9.17) is 14.3 Å². The maximum Gasteiger partial charge on any atom is 0.306 e. The minimum atomic E-state index is -0.902. The molecule has 1 aromatic heterocycles. The van der Waals surface area contributed by atoms with Crippen molar-refractivity contribution in [2.45, 2.75) is 25.4 Å². The smallest absolute Gasteiger partial charge is 0.306 e. The first-order valence-electron chi connectivity index (χ1n) is 9.33. The summed E-state index contributed by atoms with van der Waals surface area (Å²) in [4.78, 5) is 32.1. The number of rotatable bonds is 4. The molecule has 8 nitrogen and oxygen atoms in total. The summed E-state index contributed by atoms with van der Waals surface area (Å²) in [6.07, 6.45) is 0.983. The molecule has 4 rings (SSSR count). The van der Waals surface area contributed by atoms with Gasteiger partial charge in [-0.1, -0.05) is 12.1 Å². The van der Waals surface area contributed by atoms with Crippen LogP contribution in [0.1, 0.15) is 19.3 Å². The van der Waals surface area contributed by atoms with Crippen LogP contribution in [0.3, 0.4) is 0 Å². The first-order valence-corrected chi connectivity index (χ1v) is 9.33. The molecule has 1 atom stereocenters. The summed E-state index contributed by atoms with van der Waals surface area (Å²) in [7, 11) is 0. The van der Waals surface area contributed by atoms with Gasteiger partial charge in [0, 0.05) is 32.1 Å². The summed E-state index contributed by atoms with van der Waals surface area (Å²) in [6, 6.07) is 8.27. The number of amides is 1. The third-order valence-electron chi connectivity index (χ3n) is 5.25. The number of aromatic nitrogens is 1. The van der Waals surface area contributed by atoms with Gasteiger partial charge in [0.1, 0.15) is 5.52 Å². The molecule has 0 radical (unpaired) electrons. The van der Waals surface area contributed by atoms with Crippen LogP contribution in [0.5, 0.6) is 0 Å². The molecule has 2 fully saturated rings.